The first kappa shape index (κ1) is 12.0. The monoisotopic (exact) mass is 266 g/mol. The molecule has 2 aromatic rings. The second-order valence-electron chi connectivity index (χ2n) is 3.51. The van der Waals surface area contributed by atoms with Crippen LogP contribution in [0.1, 0.15) is 0 Å². The van der Waals surface area contributed by atoms with Gasteiger partial charge in [0.25, 0.3) is 0 Å². The van der Waals surface area contributed by atoms with Gasteiger partial charge in [-0.25, -0.2) is 0 Å². The van der Waals surface area contributed by atoms with Gasteiger partial charge in [0.05, 0.1) is 5.02 Å². The summed E-state index contributed by atoms with van der Waals surface area (Å²) >= 11 is 7.41. The Bertz CT molecular complexity index is 511. The highest BCUT2D eigenvalue weighted by Crippen LogP contribution is 2.38. The van der Waals surface area contributed by atoms with Crippen LogP contribution in [0.3, 0.4) is 0 Å². The molecule has 0 aliphatic carbocycles. The molecule has 3 nitrogen and oxygen atoms in total. The molecule has 0 atom stereocenters. The second kappa shape index (κ2) is 4.77. The summed E-state index contributed by atoms with van der Waals surface area (Å²) in [6, 6.07) is 10.0. The van der Waals surface area contributed by atoms with E-state index in [4.69, 9.17) is 23.1 Å². The smallest absolute Gasteiger partial charge is 0.116 e. The van der Waals surface area contributed by atoms with Crippen LogP contribution in [0.5, 0.6) is 5.75 Å². The third-order valence-corrected chi connectivity index (χ3v) is 3.75. The van der Waals surface area contributed by atoms with E-state index in [0.717, 1.165) is 9.79 Å². The summed E-state index contributed by atoms with van der Waals surface area (Å²) in [4.78, 5) is 1.56. The standard InChI is InChI=1S/C12H11ClN2OS/c13-9-3-2-8(16)6-11(9)17-12-5-7(14)1-4-10(12)15/h1-6,16H,14-15H2. The molecular formula is C12H11ClN2OS. The lowest BCUT2D eigenvalue weighted by Gasteiger charge is -2.08. The number of anilines is 2. The Morgan fingerprint density at radius 3 is 2.53 bits per heavy atom. The minimum atomic E-state index is 0.166. The summed E-state index contributed by atoms with van der Waals surface area (Å²) in [6.45, 7) is 0. The molecule has 2 aromatic carbocycles. The molecule has 0 aromatic heterocycles. The molecule has 0 fully saturated rings. The van der Waals surface area contributed by atoms with E-state index in [1.54, 1.807) is 30.3 Å². The molecule has 0 radical (unpaired) electrons. The fraction of sp³-hybridized carbons (Fsp3) is 0. The van der Waals surface area contributed by atoms with E-state index in [1.807, 2.05) is 0 Å². The molecule has 0 saturated carbocycles. The zero-order valence-electron chi connectivity index (χ0n) is 8.85. The molecule has 5 heteroatoms. The topological polar surface area (TPSA) is 72.3 Å². The van der Waals surface area contributed by atoms with Crippen LogP contribution in [0, 0.1) is 0 Å². The number of phenols is 1. The van der Waals surface area contributed by atoms with Crippen LogP contribution in [-0.4, -0.2) is 5.11 Å². The summed E-state index contributed by atoms with van der Waals surface area (Å²) in [7, 11) is 0. The van der Waals surface area contributed by atoms with Crippen LogP contribution < -0.4 is 11.5 Å². The van der Waals surface area contributed by atoms with Crippen molar-refractivity contribution in [1.82, 2.24) is 0 Å². The molecule has 17 heavy (non-hydrogen) atoms. The van der Waals surface area contributed by atoms with Crippen molar-refractivity contribution in [2.75, 3.05) is 11.5 Å². The predicted octanol–water partition coefficient (Wildman–Crippen LogP) is 3.36. The van der Waals surface area contributed by atoms with Gasteiger partial charge in [0.2, 0.25) is 0 Å². The van der Waals surface area contributed by atoms with Gasteiger partial charge in [-0.3, -0.25) is 0 Å². The molecule has 88 valence electrons. The maximum atomic E-state index is 9.41. The Morgan fingerprint density at radius 2 is 1.76 bits per heavy atom. The van der Waals surface area contributed by atoms with Gasteiger partial charge in [-0.1, -0.05) is 23.4 Å². The number of aromatic hydroxyl groups is 1. The van der Waals surface area contributed by atoms with E-state index in [-0.39, 0.29) is 5.75 Å². The molecule has 0 unspecified atom stereocenters. The predicted molar refractivity (Wildman–Crippen MR) is 72.5 cm³/mol. The number of halogens is 1. The maximum absolute atomic E-state index is 9.41. The third-order valence-electron chi connectivity index (χ3n) is 2.17. The van der Waals surface area contributed by atoms with Gasteiger partial charge in [0.15, 0.2) is 0 Å². The van der Waals surface area contributed by atoms with Crippen molar-refractivity contribution in [3.63, 3.8) is 0 Å². The summed E-state index contributed by atoms with van der Waals surface area (Å²) in [5, 5.41) is 9.98. The van der Waals surface area contributed by atoms with Gasteiger partial charge >= 0.3 is 0 Å². The van der Waals surface area contributed by atoms with Crippen LogP contribution in [0.4, 0.5) is 11.4 Å². The molecule has 0 saturated heterocycles. The molecule has 0 aliphatic rings. The number of hydrogen-bond donors (Lipinski definition) is 3. The quantitative estimate of drug-likeness (QED) is 0.729. The lowest BCUT2D eigenvalue weighted by atomic mass is 10.3. The van der Waals surface area contributed by atoms with Gasteiger partial charge in [0, 0.05) is 21.2 Å². The minimum absolute atomic E-state index is 0.166. The average molecular weight is 267 g/mol. The van der Waals surface area contributed by atoms with Crippen molar-refractivity contribution in [3.8, 4) is 5.75 Å². The largest absolute Gasteiger partial charge is 0.508 e. The summed E-state index contributed by atoms with van der Waals surface area (Å²) in [5.41, 5.74) is 12.8. The van der Waals surface area contributed by atoms with E-state index < -0.39 is 0 Å². The fourth-order valence-electron chi connectivity index (χ4n) is 1.33. The van der Waals surface area contributed by atoms with Crippen molar-refractivity contribution < 1.29 is 5.11 Å². The van der Waals surface area contributed by atoms with Crippen LogP contribution in [0.15, 0.2) is 46.2 Å². The zero-order chi connectivity index (χ0) is 12.4. The number of phenolic OH excluding ortho intramolecular Hbond substituents is 1. The summed E-state index contributed by atoms with van der Waals surface area (Å²) < 4.78 is 0. The number of benzene rings is 2. The molecule has 0 amide bonds. The summed E-state index contributed by atoms with van der Waals surface area (Å²) in [6.07, 6.45) is 0. The van der Waals surface area contributed by atoms with Crippen LogP contribution in [-0.2, 0) is 0 Å². The summed E-state index contributed by atoms with van der Waals surface area (Å²) in [5.74, 6) is 0.166. The van der Waals surface area contributed by atoms with Crippen molar-refractivity contribution in [2.45, 2.75) is 9.79 Å². The van der Waals surface area contributed by atoms with Crippen molar-refractivity contribution in [2.24, 2.45) is 0 Å². The molecule has 0 bridgehead atoms. The van der Waals surface area contributed by atoms with Crippen LogP contribution >= 0.6 is 23.4 Å². The van der Waals surface area contributed by atoms with E-state index in [2.05, 4.69) is 0 Å². The number of nitrogens with two attached hydrogens (primary N) is 2. The Kier molecular flexibility index (Phi) is 3.36. The molecule has 5 N–H and O–H groups in total. The van der Waals surface area contributed by atoms with Crippen molar-refractivity contribution in [3.05, 3.63) is 41.4 Å². The van der Waals surface area contributed by atoms with Crippen LogP contribution in [0.25, 0.3) is 0 Å². The van der Waals surface area contributed by atoms with Crippen molar-refractivity contribution in [1.29, 1.82) is 0 Å². The van der Waals surface area contributed by atoms with Gasteiger partial charge in [0.1, 0.15) is 5.75 Å². The molecular weight excluding hydrogens is 256 g/mol. The maximum Gasteiger partial charge on any atom is 0.116 e. The third kappa shape index (κ3) is 2.78. The Labute approximate surface area is 108 Å². The molecule has 2 rings (SSSR count). The lowest BCUT2D eigenvalue weighted by molar-refractivity contribution is 0.474. The first-order valence-corrected chi connectivity index (χ1v) is 6.07. The van der Waals surface area contributed by atoms with Gasteiger partial charge < -0.3 is 16.6 Å². The van der Waals surface area contributed by atoms with E-state index >= 15 is 0 Å². The number of nitrogen functional groups attached to an aromatic ring is 2. The Morgan fingerprint density at radius 1 is 1.00 bits per heavy atom. The molecule has 0 heterocycles. The minimum Gasteiger partial charge on any atom is -0.508 e. The average Bonchev–Trinajstić information content (AvgIpc) is 2.28. The first-order valence-electron chi connectivity index (χ1n) is 4.87. The van der Waals surface area contributed by atoms with Crippen molar-refractivity contribution >= 4 is 34.7 Å². The van der Waals surface area contributed by atoms with Gasteiger partial charge in [-0.2, -0.15) is 0 Å². The fourth-order valence-corrected chi connectivity index (χ4v) is 2.52. The highest BCUT2D eigenvalue weighted by molar-refractivity contribution is 7.99. The van der Waals surface area contributed by atoms with Gasteiger partial charge in [-0.05, 0) is 36.4 Å². The lowest BCUT2D eigenvalue weighted by Crippen LogP contribution is -1.91. The Hall–Kier alpha value is -1.52. The van der Waals surface area contributed by atoms with Crippen LogP contribution in [0.2, 0.25) is 5.02 Å². The zero-order valence-corrected chi connectivity index (χ0v) is 10.4. The van der Waals surface area contributed by atoms with E-state index in [9.17, 15) is 5.11 Å². The number of rotatable bonds is 2. The second-order valence-corrected chi connectivity index (χ2v) is 5.01. The van der Waals surface area contributed by atoms with E-state index in [0.29, 0.717) is 16.4 Å². The number of hydrogen-bond acceptors (Lipinski definition) is 4. The highest BCUT2D eigenvalue weighted by atomic mass is 35.5. The van der Waals surface area contributed by atoms with E-state index in [1.165, 1.54) is 17.8 Å². The van der Waals surface area contributed by atoms with Gasteiger partial charge in [-0.15, -0.1) is 0 Å². The molecule has 0 aliphatic heterocycles. The normalized spacial score (nSPS) is 10.4. The Balaban J connectivity index is 2.37. The highest BCUT2D eigenvalue weighted by Gasteiger charge is 2.07. The SMILES string of the molecule is Nc1ccc(N)c(Sc2cc(O)ccc2Cl)c1. The molecule has 0 spiro atoms. The first-order chi connectivity index (χ1) is 8.06.